The number of Topliss-reactive ketones (excluding diaryl/α,β-unsaturated/α-hetero) is 1. The Balaban J connectivity index is 1.87. The van der Waals surface area contributed by atoms with Crippen molar-refractivity contribution in [3.63, 3.8) is 0 Å². The highest BCUT2D eigenvalue weighted by molar-refractivity contribution is 6.34. The Morgan fingerprint density at radius 2 is 1.67 bits per heavy atom. The van der Waals surface area contributed by atoms with Crippen LogP contribution in [0.5, 0.6) is 11.5 Å². The van der Waals surface area contributed by atoms with E-state index in [0.29, 0.717) is 41.7 Å². The number of carbonyl (C=O) groups excluding carboxylic acids is 1. The Bertz CT molecular complexity index is 485. The summed E-state index contributed by atoms with van der Waals surface area (Å²) in [6.45, 7) is 3.24. The number of halogens is 1. The van der Waals surface area contributed by atoms with Crippen LogP contribution in [0.1, 0.15) is 62.2 Å². The zero-order valence-electron chi connectivity index (χ0n) is 12.6. The molecule has 0 fully saturated rings. The molecule has 2 rings (SSSR count). The monoisotopic (exact) mass is 310 g/mol. The van der Waals surface area contributed by atoms with Gasteiger partial charge in [0, 0.05) is 18.1 Å². The van der Waals surface area contributed by atoms with Gasteiger partial charge in [-0.05, 0) is 12.5 Å². The van der Waals surface area contributed by atoms with Gasteiger partial charge in [0.1, 0.15) is 13.2 Å². The number of ketones is 1. The summed E-state index contributed by atoms with van der Waals surface area (Å²) in [5, 5.41) is 0.454. The second kappa shape index (κ2) is 8.28. The molecular formula is C17H23ClO3. The SMILES string of the molecule is CCCCCCCCC(=O)c1cc2c(cc1Cl)OCCO2. The number of rotatable bonds is 8. The van der Waals surface area contributed by atoms with E-state index in [1.165, 1.54) is 25.7 Å². The van der Waals surface area contributed by atoms with Crippen molar-refractivity contribution in [1.82, 2.24) is 0 Å². The molecule has 0 amide bonds. The van der Waals surface area contributed by atoms with Crippen LogP contribution >= 0.6 is 11.6 Å². The second-order valence-electron chi connectivity index (χ2n) is 5.42. The Labute approximate surface area is 131 Å². The van der Waals surface area contributed by atoms with Gasteiger partial charge in [-0.2, -0.15) is 0 Å². The van der Waals surface area contributed by atoms with Crippen LogP contribution < -0.4 is 9.47 Å². The minimum Gasteiger partial charge on any atom is -0.486 e. The first-order valence-electron chi connectivity index (χ1n) is 7.84. The largest absolute Gasteiger partial charge is 0.486 e. The molecule has 0 aliphatic carbocycles. The van der Waals surface area contributed by atoms with Crippen molar-refractivity contribution < 1.29 is 14.3 Å². The summed E-state index contributed by atoms with van der Waals surface area (Å²) in [7, 11) is 0. The smallest absolute Gasteiger partial charge is 0.164 e. The summed E-state index contributed by atoms with van der Waals surface area (Å²) in [6, 6.07) is 3.40. The third-order valence-electron chi connectivity index (χ3n) is 3.69. The first kappa shape index (κ1) is 16.2. The molecule has 21 heavy (non-hydrogen) atoms. The van der Waals surface area contributed by atoms with Gasteiger partial charge in [-0.3, -0.25) is 4.79 Å². The normalized spacial score (nSPS) is 13.2. The minimum atomic E-state index is 0.0902. The van der Waals surface area contributed by atoms with Crippen molar-refractivity contribution in [1.29, 1.82) is 0 Å². The first-order chi connectivity index (χ1) is 10.2. The molecule has 0 unspecified atom stereocenters. The van der Waals surface area contributed by atoms with Gasteiger partial charge in [0.25, 0.3) is 0 Å². The van der Waals surface area contributed by atoms with Gasteiger partial charge < -0.3 is 9.47 Å². The third-order valence-corrected chi connectivity index (χ3v) is 4.00. The van der Waals surface area contributed by atoms with Crippen LogP contribution in [0.2, 0.25) is 5.02 Å². The summed E-state index contributed by atoms with van der Waals surface area (Å²) >= 11 is 6.18. The quantitative estimate of drug-likeness (QED) is 0.498. The number of carbonyl (C=O) groups is 1. The Morgan fingerprint density at radius 1 is 1.05 bits per heavy atom. The maximum absolute atomic E-state index is 12.3. The lowest BCUT2D eigenvalue weighted by molar-refractivity contribution is 0.0978. The highest BCUT2D eigenvalue weighted by Crippen LogP contribution is 2.35. The molecule has 3 nitrogen and oxygen atoms in total. The van der Waals surface area contributed by atoms with Crippen molar-refractivity contribution in [2.45, 2.75) is 51.9 Å². The Kier molecular flexibility index (Phi) is 6.37. The lowest BCUT2D eigenvalue weighted by atomic mass is 10.0. The molecule has 116 valence electrons. The molecule has 1 aliphatic heterocycles. The lowest BCUT2D eigenvalue weighted by Crippen LogP contribution is -2.16. The highest BCUT2D eigenvalue weighted by atomic mass is 35.5. The summed E-state index contributed by atoms with van der Waals surface area (Å²) in [5.74, 6) is 1.34. The average molecular weight is 311 g/mol. The van der Waals surface area contributed by atoms with Crippen molar-refractivity contribution in [2.75, 3.05) is 13.2 Å². The molecule has 0 radical (unpaired) electrons. The molecule has 0 aromatic heterocycles. The van der Waals surface area contributed by atoms with Gasteiger partial charge in [-0.15, -0.1) is 0 Å². The number of ether oxygens (including phenoxy) is 2. The predicted molar refractivity (Wildman–Crippen MR) is 84.8 cm³/mol. The fourth-order valence-corrected chi connectivity index (χ4v) is 2.74. The molecule has 1 heterocycles. The Hall–Kier alpha value is -1.22. The summed E-state index contributed by atoms with van der Waals surface area (Å²) in [4.78, 5) is 12.3. The van der Waals surface area contributed by atoms with Crippen molar-refractivity contribution in [3.05, 3.63) is 22.7 Å². The number of benzene rings is 1. The van der Waals surface area contributed by atoms with Gasteiger partial charge in [0.2, 0.25) is 0 Å². The van der Waals surface area contributed by atoms with E-state index in [-0.39, 0.29) is 5.78 Å². The average Bonchev–Trinajstić information content (AvgIpc) is 2.49. The summed E-state index contributed by atoms with van der Waals surface area (Å²) in [5.41, 5.74) is 0.550. The van der Waals surface area contributed by atoms with Crippen molar-refractivity contribution >= 4 is 17.4 Å². The topological polar surface area (TPSA) is 35.5 Å². The molecule has 0 N–H and O–H groups in total. The van der Waals surface area contributed by atoms with Crippen molar-refractivity contribution in [3.8, 4) is 11.5 Å². The number of unbranched alkanes of at least 4 members (excludes halogenated alkanes) is 5. The maximum atomic E-state index is 12.3. The van der Waals surface area contributed by atoms with E-state index in [2.05, 4.69) is 6.92 Å². The third kappa shape index (κ3) is 4.63. The lowest BCUT2D eigenvalue weighted by Gasteiger charge is -2.19. The number of hydrogen-bond donors (Lipinski definition) is 0. The molecule has 0 bridgehead atoms. The molecule has 0 saturated carbocycles. The van der Waals surface area contributed by atoms with Crippen LogP contribution in [0.4, 0.5) is 0 Å². The molecule has 0 atom stereocenters. The Morgan fingerprint density at radius 3 is 2.38 bits per heavy atom. The van der Waals surface area contributed by atoms with E-state index in [4.69, 9.17) is 21.1 Å². The zero-order valence-corrected chi connectivity index (χ0v) is 13.4. The van der Waals surface area contributed by atoms with Crippen LogP contribution in [-0.2, 0) is 0 Å². The van der Waals surface area contributed by atoms with E-state index in [1.54, 1.807) is 12.1 Å². The molecule has 4 heteroatoms. The minimum absolute atomic E-state index is 0.0902. The van der Waals surface area contributed by atoms with Gasteiger partial charge in [0.15, 0.2) is 17.3 Å². The molecule has 1 aromatic rings. The van der Waals surface area contributed by atoms with E-state index >= 15 is 0 Å². The summed E-state index contributed by atoms with van der Waals surface area (Å²) < 4.78 is 11.0. The van der Waals surface area contributed by atoms with Crippen LogP contribution in [0, 0.1) is 0 Å². The number of fused-ring (bicyclic) bond motifs is 1. The maximum Gasteiger partial charge on any atom is 0.164 e. The molecular weight excluding hydrogens is 288 g/mol. The summed E-state index contributed by atoms with van der Waals surface area (Å²) in [6.07, 6.45) is 7.56. The van der Waals surface area contributed by atoms with Crippen LogP contribution in [-0.4, -0.2) is 19.0 Å². The molecule has 1 aliphatic rings. The van der Waals surface area contributed by atoms with Gasteiger partial charge in [-0.25, -0.2) is 0 Å². The predicted octanol–water partition coefficient (Wildman–Crippen LogP) is 5.04. The van der Waals surface area contributed by atoms with Crippen molar-refractivity contribution in [2.24, 2.45) is 0 Å². The second-order valence-corrected chi connectivity index (χ2v) is 5.82. The standard InChI is InChI=1S/C17H23ClO3/c1-2-3-4-5-6-7-8-15(19)13-11-16-17(12-14(13)18)21-10-9-20-16/h11-12H,2-10H2,1H3. The van der Waals surface area contributed by atoms with E-state index < -0.39 is 0 Å². The first-order valence-corrected chi connectivity index (χ1v) is 8.22. The van der Waals surface area contributed by atoms with Gasteiger partial charge >= 0.3 is 0 Å². The van der Waals surface area contributed by atoms with E-state index in [0.717, 1.165) is 12.8 Å². The highest BCUT2D eigenvalue weighted by Gasteiger charge is 2.18. The number of hydrogen-bond acceptors (Lipinski definition) is 3. The zero-order chi connectivity index (χ0) is 15.1. The molecule has 0 saturated heterocycles. The van der Waals surface area contributed by atoms with Crippen LogP contribution in [0.3, 0.4) is 0 Å². The van der Waals surface area contributed by atoms with Gasteiger partial charge in [0.05, 0.1) is 5.02 Å². The molecule has 0 spiro atoms. The van der Waals surface area contributed by atoms with E-state index in [9.17, 15) is 4.79 Å². The van der Waals surface area contributed by atoms with E-state index in [1.807, 2.05) is 0 Å². The van der Waals surface area contributed by atoms with Crippen LogP contribution in [0.25, 0.3) is 0 Å². The fraction of sp³-hybridized carbons (Fsp3) is 0.588. The fourth-order valence-electron chi connectivity index (χ4n) is 2.48. The van der Waals surface area contributed by atoms with Crippen LogP contribution in [0.15, 0.2) is 12.1 Å². The van der Waals surface area contributed by atoms with Gasteiger partial charge in [-0.1, -0.05) is 50.6 Å². The molecule has 1 aromatic carbocycles.